The second-order valence-electron chi connectivity index (χ2n) is 3.79. The smallest absolute Gasteiger partial charge is 0.166 e. The van der Waals surface area contributed by atoms with Crippen LogP contribution in [-0.4, -0.2) is 30.0 Å². The minimum Gasteiger partial charge on any atom is -0.369 e. The summed E-state index contributed by atoms with van der Waals surface area (Å²) in [4.78, 5) is 11.9. The van der Waals surface area contributed by atoms with Crippen LogP contribution in [0.1, 0.15) is 5.56 Å². The molecule has 0 saturated carbocycles. The third kappa shape index (κ3) is 3.21. The van der Waals surface area contributed by atoms with Gasteiger partial charge < -0.3 is 4.74 Å². The number of ether oxygens (including phenoxy) is 1. The molecular weight excluding hydrogens is 263 g/mol. The number of hydrogen-bond donors (Lipinski definition) is 0. The molecule has 0 aromatic heterocycles. The van der Waals surface area contributed by atoms with Gasteiger partial charge in [0.15, 0.2) is 5.78 Å². The molecule has 2 rings (SSSR count). The lowest BCUT2D eigenvalue weighted by atomic mass is 10.1. The first-order valence-corrected chi connectivity index (χ1v) is 6.86. The summed E-state index contributed by atoms with van der Waals surface area (Å²) in [5.74, 6) is 1.07. The van der Waals surface area contributed by atoms with E-state index in [-0.39, 0.29) is 23.3 Å². The van der Waals surface area contributed by atoms with Gasteiger partial charge in [-0.2, -0.15) is 11.8 Å². The zero-order chi connectivity index (χ0) is 12.3. The maximum Gasteiger partial charge on any atom is 0.166 e. The van der Waals surface area contributed by atoms with Gasteiger partial charge in [-0.15, -0.1) is 0 Å². The summed E-state index contributed by atoms with van der Waals surface area (Å²) in [5, 5.41) is 0.0318. The van der Waals surface area contributed by atoms with E-state index in [4.69, 9.17) is 16.3 Å². The lowest BCUT2D eigenvalue weighted by Crippen LogP contribution is -2.32. The van der Waals surface area contributed by atoms with Gasteiger partial charge in [0.2, 0.25) is 0 Å². The standard InChI is InChI=1S/C12H12ClFO2S/c13-12-8(2-1-3-9(12)14)6-10(15)11-7-17-5-4-16-11/h1-3,11H,4-7H2. The van der Waals surface area contributed by atoms with Gasteiger partial charge in [-0.1, -0.05) is 23.7 Å². The van der Waals surface area contributed by atoms with Crippen molar-refractivity contribution in [2.24, 2.45) is 0 Å². The first-order valence-electron chi connectivity index (χ1n) is 5.33. The first-order chi connectivity index (χ1) is 8.18. The Balaban J connectivity index is 2.04. The molecule has 1 aliphatic heterocycles. The molecule has 0 bridgehead atoms. The number of Topliss-reactive ketones (excluding diaryl/α,β-unsaturated/α-hetero) is 1. The van der Waals surface area contributed by atoms with E-state index in [2.05, 4.69) is 0 Å². The van der Waals surface area contributed by atoms with Crippen LogP contribution < -0.4 is 0 Å². The Morgan fingerprint density at radius 1 is 1.59 bits per heavy atom. The van der Waals surface area contributed by atoms with Crippen LogP contribution >= 0.6 is 23.4 Å². The Bertz CT molecular complexity index is 419. The van der Waals surface area contributed by atoms with Crippen LogP contribution in [0.15, 0.2) is 18.2 Å². The van der Waals surface area contributed by atoms with Gasteiger partial charge in [0.25, 0.3) is 0 Å². The predicted octanol–water partition coefficient (Wildman–Crippen LogP) is 2.72. The molecule has 0 N–H and O–H groups in total. The van der Waals surface area contributed by atoms with Gasteiger partial charge >= 0.3 is 0 Å². The number of benzene rings is 1. The molecular formula is C12H12ClFO2S. The fourth-order valence-electron chi connectivity index (χ4n) is 1.66. The van der Waals surface area contributed by atoms with E-state index in [9.17, 15) is 9.18 Å². The van der Waals surface area contributed by atoms with E-state index in [0.717, 1.165) is 5.75 Å². The van der Waals surface area contributed by atoms with Crippen LogP contribution in [0, 0.1) is 5.82 Å². The van der Waals surface area contributed by atoms with Crippen molar-refractivity contribution in [2.45, 2.75) is 12.5 Å². The molecule has 0 aliphatic carbocycles. The van der Waals surface area contributed by atoms with Gasteiger partial charge in [-0.25, -0.2) is 4.39 Å². The highest BCUT2D eigenvalue weighted by Gasteiger charge is 2.23. The second kappa shape index (κ2) is 5.85. The lowest BCUT2D eigenvalue weighted by molar-refractivity contribution is -0.128. The molecule has 2 nitrogen and oxygen atoms in total. The number of thioether (sulfide) groups is 1. The lowest BCUT2D eigenvalue weighted by Gasteiger charge is -2.21. The van der Waals surface area contributed by atoms with Crippen LogP contribution in [-0.2, 0) is 16.0 Å². The van der Waals surface area contributed by atoms with Crippen LogP contribution in [0.3, 0.4) is 0 Å². The zero-order valence-corrected chi connectivity index (χ0v) is 10.7. The van der Waals surface area contributed by atoms with Crippen molar-refractivity contribution in [3.63, 3.8) is 0 Å². The van der Waals surface area contributed by atoms with Gasteiger partial charge in [0, 0.05) is 17.9 Å². The second-order valence-corrected chi connectivity index (χ2v) is 5.32. The third-order valence-corrected chi connectivity index (χ3v) is 3.99. The number of rotatable bonds is 3. The number of ketones is 1. The molecule has 1 aromatic rings. The molecule has 1 heterocycles. The Morgan fingerprint density at radius 3 is 3.12 bits per heavy atom. The Labute approximate surface area is 108 Å². The van der Waals surface area contributed by atoms with E-state index in [1.54, 1.807) is 23.9 Å². The number of carbonyl (C=O) groups is 1. The van der Waals surface area contributed by atoms with E-state index >= 15 is 0 Å². The normalized spacial score (nSPS) is 20.2. The molecule has 1 aliphatic rings. The molecule has 1 saturated heterocycles. The molecule has 1 fully saturated rings. The summed E-state index contributed by atoms with van der Waals surface area (Å²) < 4.78 is 18.6. The number of carbonyl (C=O) groups excluding carboxylic acids is 1. The topological polar surface area (TPSA) is 26.3 Å². The summed E-state index contributed by atoms with van der Waals surface area (Å²) >= 11 is 7.50. The van der Waals surface area contributed by atoms with Crippen LogP contribution in [0.4, 0.5) is 4.39 Å². The quantitative estimate of drug-likeness (QED) is 0.848. The number of halogens is 2. The van der Waals surface area contributed by atoms with Crippen LogP contribution in [0.25, 0.3) is 0 Å². The molecule has 1 aromatic carbocycles. The molecule has 5 heteroatoms. The zero-order valence-electron chi connectivity index (χ0n) is 9.12. The molecule has 1 atom stereocenters. The van der Waals surface area contributed by atoms with Gasteiger partial charge in [0.1, 0.15) is 11.9 Å². The highest BCUT2D eigenvalue weighted by atomic mass is 35.5. The summed E-state index contributed by atoms with van der Waals surface area (Å²) in [7, 11) is 0. The molecule has 0 radical (unpaired) electrons. The van der Waals surface area contributed by atoms with Crippen molar-refractivity contribution in [1.82, 2.24) is 0 Å². The fraction of sp³-hybridized carbons (Fsp3) is 0.417. The van der Waals surface area contributed by atoms with Gasteiger partial charge in [-0.3, -0.25) is 4.79 Å². The Morgan fingerprint density at radius 2 is 2.41 bits per heavy atom. The minimum absolute atomic E-state index is 0.0318. The average Bonchev–Trinajstić information content (AvgIpc) is 2.36. The summed E-state index contributed by atoms with van der Waals surface area (Å²) in [6.45, 7) is 0.595. The van der Waals surface area contributed by atoms with E-state index < -0.39 is 5.82 Å². The molecule has 0 spiro atoms. The largest absolute Gasteiger partial charge is 0.369 e. The molecule has 0 amide bonds. The summed E-state index contributed by atoms with van der Waals surface area (Å²) in [6.07, 6.45) is -0.255. The number of hydrogen-bond acceptors (Lipinski definition) is 3. The predicted molar refractivity (Wildman–Crippen MR) is 67.2 cm³/mol. The van der Waals surface area contributed by atoms with Crippen LogP contribution in [0.2, 0.25) is 5.02 Å². The average molecular weight is 275 g/mol. The Kier molecular flexibility index (Phi) is 4.42. The highest BCUT2D eigenvalue weighted by molar-refractivity contribution is 7.99. The SMILES string of the molecule is O=C(Cc1cccc(F)c1Cl)C1CSCCO1. The van der Waals surface area contributed by atoms with E-state index in [1.165, 1.54) is 6.07 Å². The van der Waals surface area contributed by atoms with Crippen molar-refractivity contribution in [3.05, 3.63) is 34.6 Å². The summed E-state index contributed by atoms with van der Waals surface area (Å²) in [6, 6.07) is 4.50. The minimum atomic E-state index is -0.490. The van der Waals surface area contributed by atoms with Crippen molar-refractivity contribution in [1.29, 1.82) is 0 Å². The third-order valence-electron chi connectivity index (χ3n) is 2.57. The molecule has 1 unspecified atom stereocenters. The maximum atomic E-state index is 13.2. The maximum absolute atomic E-state index is 13.2. The van der Waals surface area contributed by atoms with Gasteiger partial charge in [-0.05, 0) is 11.6 Å². The van der Waals surface area contributed by atoms with E-state index in [1.807, 2.05) is 0 Å². The van der Waals surface area contributed by atoms with Crippen LogP contribution in [0.5, 0.6) is 0 Å². The Hall–Kier alpha value is -0.580. The fourth-order valence-corrected chi connectivity index (χ4v) is 2.73. The van der Waals surface area contributed by atoms with Gasteiger partial charge in [0.05, 0.1) is 11.6 Å². The van der Waals surface area contributed by atoms with Crippen molar-refractivity contribution in [3.8, 4) is 0 Å². The first kappa shape index (κ1) is 12.9. The summed E-state index contributed by atoms with van der Waals surface area (Å²) in [5.41, 5.74) is 0.524. The monoisotopic (exact) mass is 274 g/mol. The van der Waals surface area contributed by atoms with E-state index in [0.29, 0.717) is 17.9 Å². The van der Waals surface area contributed by atoms with Crippen molar-refractivity contribution in [2.75, 3.05) is 18.1 Å². The molecule has 92 valence electrons. The van der Waals surface area contributed by atoms with Crippen molar-refractivity contribution < 1.29 is 13.9 Å². The highest BCUT2D eigenvalue weighted by Crippen LogP contribution is 2.22. The van der Waals surface area contributed by atoms with Crippen molar-refractivity contribution >= 4 is 29.1 Å². The molecule has 17 heavy (non-hydrogen) atoms.